The zero-order chi connectivity index (χ0) is 13.1. The number of carbonyl (C=O) groups is 2. The van der Waals surface area contributed by atoms with Crippen molar-refractivity contribution in [1.82, 2.24) is 4.90 Å². The van der Waals surface area contributed by atoms with Gasteiger partial charge in [-0.15, -0.1) is 0 Å². The molecule has 1 saturated carbocycles. The number of amides is 1. The molecule has 0 aromatic heterocycles. The summed E-state index contributed by atoms with van der Waals surface area (Å²) >= 11 is 0. The zero-order valence-corrected chi connectivity index (χ0v) is 10.9. The Hall–Kier alpha value is -1.32. The van der Waals surface area contributed by atoms with Crippen LogP contribution in [0.4, 0.5) is 0 Å². The molecular weight excluding hydrogens is 230 g/mol. The van der Waals surface area contributed by atoms with E-state index in [0.29, 0.717) is 13.0 Å². The SMILES string of the molecule is CC1=CCN(C(=O)[C@@H]2CCCC[C@@H]2C(=O)O)CC1. The highest BCUT2D eigenvalue weighted by molar-refractivity contribution is 5.85. The summed E-state index contributed by atoms with van der Waals surface area (Å²) in [4.78, 5) is 25.4. The number of hydrogen-bond donors (Lipinski definition) is 1. The molecule has 18 heavy (non-hydrogen) atoms. The van der Waals surface area contributed by atoms with Gasteiger partial charge in [0.2, 0.25) is 5.91 Å². The van der Waals surface area contributed by atoms with Crippen LogP contribution in [0.5, 0.6) is 0 Å². The van der Waals surface area contributed by atoms with Crippen LogP contribution in [0.15, 0.2) is 11.6 Å². The summed E-state index contributed by atoms with van der Waals surface area (Å²) < 4.78 is 0. The molecule has 100 valence electrons. The molecule has 0 bridgehead atoms. The van der Waals surface area contributed by atoms with Crippen molar-refractivity contribution in [3.8, 4) is 0 Å². The lowest BCUT2D eigenvalue weighted by Crippen LogP contribution is -2.44. The molecular formula is C14H21NO3. The van der Waals surface area contributed by atoms with E-state index in [1.807, 2.05) is 4.90 Å². The van der Waals surface area contributed by atoms with Gasteiger partial charge in [-0.3, -0.25) is 9.59 Å². The average molecular weight is 251 g/mol. The standard InChI is InChI=1S/C14H21NO3/c1-10-6-8-15(9-7-10)13(16)11-4-2-3-5-12(11)14(17)18/h6,11-12H,2-5,7-9H2,1H3,(H,17,18)/t11-,12+/m1/s1. The zero-order valence-electron chi connectivity index (χ0n) is 10.9. The highest BCUT2D eigenvalue weighted by atomic mass is 16.4. The fourth-order valence-corrected chi connectivity index (χ4v) is 2.93. The molecule has 1 N–H and O–H groups in total. The third-order valence-corrected chi connectivity index (χ3v) is 4.15. The minimum Gasteiger partial charge on any atom is -0.481 e. The van der Waals surface area contributed by atoms with Crippen LogP contribution < -0.4 is 0 Å². The van der Waals surface area contributed by atoms with Crippen LogP contribution in [0.1, 0.15) is 39.0 Å². The molecule has 1 amide bonds. The number of nitrogens with zero attached hydrogens (tertiary/aromatic N) is 1. The number of hydrogen-bond acceptors (Lipinski definition) is 2. The molecule has 1 heterocycles. The van der Waals surface area contributed by atoms with E-state index in [0.717, 1.165) is 32.2 Å². The third-order valence-electron chi connectivity index (χ3n) is 4.15. The van der Waals surface area contributed by atoms with Crippen LogP contribution in [0, 0.1) is 11.8 Å². The Balaban J connectivity index is 2.04. The van der Waals surface area contributed by atoms with Gasteiger partial charge in [0.05, 0.1) is 11.8 Å². The molecule has 4 heteroatoms. The number of rotatable bonds is 2. The number of aliphatic carboxylic acids is 1. The summed E-state index contributed by atoms with van der Waals surface area (Å²) in [5.41, 5.74) is 1.32. The third kappa shape index (κ3) is 2.74. The highest BCUT2D eigenvalue weighted by Gasteiger charge is 2.37. The maximum absolute atomic E-state index is 12.4. The Morgan fingerprint density at radius 2 is 1.94 bits per heavy atom. The summed E-state index contributed by atoms with van der Waals surface area (Å²) in [6.07, 6.45) is 6.27. The Kier molecular flexibility index (Phi) is 4.04. The minimum absolute atomic E-state index is 0.0471. The van der Waals surface area contributed by atoms with Crippen LogP contribution in [0.25, 0.3) is 0 Å². The molecule has 1 aliphatic carbocycles. The van der Waals surface area contributed by atoms with Gasteiger partial charge in [0.25, 0.3) is 0 Å². The Bertz CT molecular complexity index is 375. The monoisotopic (exact) mass is 251 g/mol. The molecule has 2 rings (SSSR count). The first-order valence-corrected chi connectivity index (χ1v) is 6.77. The molecule has 0 radical (unpaired) electrons. The second kappa shape index (κ2) is 5.55. The van der Waals surface area contributed by atoms with Crippen molar-refractivity contribution in [2.24, 2.45) is 11.8 Å². The summed E-state index contributed by atoms with van der Waals surface area (Å²) in [5.74, 6) is -1.54. The fourth-order valence-electron chi connectivity index (χ4n) is 2.93. The highest BCUT2D eigenvalue weighted by Crippen LogP contribution is 2.32. The van der Waals surface area contributed by atoms with Crippen molar-refractivity contribution in [3.05, 3.63) is 11.6 Å². The number of carbonyl (C=O) groups excluding carboxylic acids is 1. The summed E-state index contributed by atoms with van der Waals surface area (Å²) in [6, 6.07) is 0. The predicted molar refractivity (Wildman–Crippen MR) is 68.0 cm³/mol. The molecule has 2 atom stereocenters. The smallest absolute Gasteiger partial charge is 0.307 e. The van der Waals surface area contributed by atoms with Gasteiger partial charge in [0, 0.05) is 13.1 Å². The molecule has 1 fully saturated rings. The van der Waals surface area contributed by atoms with Crippen LogP contribution in [0.3, 0.4) is 0 Å². The molecule has 1 aliphatic heterocycles. The number of carboxylic acids is 1. The topological polar surface area (TPSA) is 57.6 Å². The van der Waals surface area contributed by atoms with Crippen LogP contribution >= 0.6 is 0 Å². The molecule has 0 saturated heterocycles. The average Bonchev–Trinajstić information content (AvgIpc) is 2.39. The molecule has 4 nitrogen and oxygen atoms in total. The van der Waals surface area contributed by atoms with Gasteiger partial charge >= 0.3 is 5.97 Å². The predicted octanol–water partition coefficient (Wildman–Crippen LogP) is 2.06. The molecule has 0 aromatic carbocycles. The van der Waals surface area contributed by atoms with Crippen LogP contribution in [-0.4, -0.2) is 35.0 Å². The first kappa shape index (κ1) is 13.1. The minimum atomic E-state index is -0.809. The lowest BCUT2D eigenvalue weighted by atomic mass is 9.78. The second-order valence-electron chi connectivity index (χ2n) is 5.42. The van der Waals surface area contributed by atoms with Crippen molar-refractivity contribution in [2.45, 2.75) is 39.0 Å². The molecule has 0 spiro atoms. The first-order chi connectivity index (χ1) is 8.59. The fraction of sp³-hybridized carbons (Fsp3) is 0.714. The Labute approximate surface area is 108 Å². The van der Waals surface area contributed by atoms with E-state index in [-0.39, 0.29) is 11.8 Å². The largest absolute Gasteiger partial charge is 0.481 e. The van der Waals surface area contributed by atoms with Crippen molar-refractivity contribution in [2.75, 3.05) is 13.1 Å². The van der Waals surface area contributed by atoms with Gasteiger partial charge in [0.1, 0.15) is 0 Å². The Morgan fingerprint density at radius 3 is 2.50 bits per heavy atom. The van der Waals surface area contributed by atoms with Crippen molar-refractivity contribution < 1.29 is 14.7 Å². The first-order valence-electron chi connectivity index (χ1n) is 6.77. The van der Waals surface area contributed by atoms with Gasteiger partial charge in [-0.25, -0.2) is 0 Å². The normalized spacial score (nSPS) is 28.7. The van der Waals surface area contributed by atoms with Gasteiger partial charge in [-0.05, 0) is 26.2 Å². The second-order valence-corrected chi connectivity index (χ2v) is 5.42. The van der Waals surface area contributed by atoms with Crippen LogP contribution in [0.2, 0.25) is 0 Å². The van der Waals surface area contributed by atoms with E-state index in [4.69, 9.17) is 0 Å². The maximum atomic E-state index is 12.4. The summed E-state index contributed by atoms with van der Waals surface area (Å²) in [6.45, 7) is 3.46. The van der Waals surface area contributed by atoms with E-state index < -0.39 is 11.9 Å². The maximum Gasteiger partial charge on any atom is 0.307 e. The van der Waals surface area contributed by atoms with E-state index in [2.05, 4.69) is 13.0 Å². The van der Waals surface area contributed by atoms with Crippen molar-refractivity contribution in [3.63, 3.8) is 0 Å². The van der Waals surface area contributed by atoms with E-state index >= 15 is 0 Å². The summed E-state index contributed by atoms with van der Waals surface area (Å²) in [7, 11) is 0. The van der Waals surface area contributed by atoms with Gasteiger partial charge in [0.15, 0.2) is 0 Å². The van der Waals surface area contributed by atoms with Crippen molar-refractivity contribution >= 4 is 11.9 Å². The molecule has 0 aromatic rings. The van der Waals surface area contributed by atoms with Crippen molar-refractivity contribution in [1.29, 1.82) is 0 Å². The number of carboxylic acid groups (broad SMARTS) is 1. The lowest BCUT2D eigenvalue weighted by molar-refractivity contribution is -0.152. The quantitative estimate of drug-likeness (QED) is 0.764. The van der Waals surface area contributed by atoms with E-state index in [1.165, 1.54) is 5.57 Å². The lowest BCUT2D eigenvalue weighted by Gasteiger charge is -2.34. The molecule has 0 unspecified atom stereocenters. The molecule has 2 aliphatic rings. The van der Waals surface area contributed by atoms with E-state index in [1.54, 1.807) is 0 Å². The van der Waals surface area contributed by atoms with Gasteiger partial charge in [-0.1, -0.05) is 24.5 Å². The van der Waals surface area contributed by atoms with E-state index in [9.17, 15) is 14.7 Å². The summed E-state index contributed by atoms with van der Waals surface area (Å²) in [5, 5.41) is 9.22. The van der Waals surface area contributed by atoms with Gasteiger partial charge < -0.3 is 10.0 Å². The van der Waals surface area contributed by atoms with Crippen LogP contribution in [-0.2, 0) is 9.59 Å². The van der Waals surface area contributed by atoms with Gasteiger partial charge in [-0.2, -0.15) is 0 Å². The Morgan fingerprint density at radius 1 is 1.28 bits per heavy atom.